The quantitative estimate of drug-likeness (QED) is 0.520. The Morgan fingerprint density at radius 2 is 1.25 bits per heavy atom. The highest BCUT2D eigenvalue weighted by molar-refractivity contribution is 8.20. The van der Waals surface area contributed by atoms with Crippen LogP contribution in [-0.2, 0) is 11.8 Å². The molecule has 0 aliphatic heterocycles. The molecule has 0 heterocycles. The van der Waals surface area contributed by atoms with Gasteiger partial charge in [0.25, 0.3) is 0 Å². The van der Waals surface area contributed by atoms with E-state index in [-0.39, 0.29) is 10.3 Å². The van der Waals surface area contributed by atoms with Crippen molar-refractivity contribution in [2.75, 3.05) is 5.49 Å². The van der Waals surface area contributed by atoms with Crippen LogP contribution in [0.25, 0.3) is 0 Å². The summed E-state index contributed by atoms with van der Waals surface area (Å²) in [6.45, 7) is 13.5. The van der Waals surface area contributed by atoms with Gasteiger partial charge in [0.2, 0.25) is 0 Å². The van der Waals surface area contributed by atoms with Gasteiger partial charge in [0.15, 0.2) is 0 Å². The molecule has 0 rings (SSSR count). The molecule has 0 aliphatic carbocycles. The minimum atomic E-state index is -1.37. The molecule has 0 amide bonds. The molecule has 0 N–H and O–H groups in total. The summed E-state index contributed by atoms with van der Waals surface area (Å²) in [4.78, 5) is 0. The van der Waals surface area contributed by atoms with Crippen LogP contribution in [0.4, 0.5) is 0 Å². The average molecular weight is 224 g/mol. The van der Waals surface area contributed by atoms with Gasteiger partial charge in [0, 0.05) is 5.49 Å². The fourth-order valence-electron chi connectivity index (χ4n) is 1.43. The Hall–Kier alpha value is 1.00. The lowest BCUT2D eigenvalue weighted by molar-refractivity contribution is 0.707. The van der Waals surface area contributed by atoms with Gasteiger partial charge in [-0.05, 0) is 16.3 Å². The summed E-state index contributed by atoms with van der Waals surface area (Å²) >= 11 is 10.2. The number of rotatable bonds is 1. The summed E-state index contributed by atoms with van der Waals surface area (Å²) < 4.78 is 0. The van der Waals surface area contributed by atoms with Crippen LogP contribution < -0.4 is 0 Å². The highest BCUT2D eigenvalue weighted by atomic mass is 32.4. The Kier molecular flexibility index (Phi) is 3.93. The zero-order valence-corrected chi connectivity index (χ0v) is 11.6. The Labute approximate surface area is 87.9 Å². The molecule has 0 radical (unpaired) electrons. The predicted octanol–water partition coefficient (Wildman–Crippen LogP) is 3.95. The van der Waals surface area contributed by atoms with Crippen molar-refractivity contribution in [1.29, 1.82) is 0 Å². The molecule has 0 aromatic rings. The van der Waals surface area contributed by atoms with Crippen molar-refractivity contribution in [3.05, 3.63) is 0 Å². The zero-order valence-electron chi connectivity index (χ0n) is 9.01. The zero-order chi connectivity index (χ0) is 10.2. The van der Waals surface area contributed by atoms with E-state index >= 15 is 0 Å². The minimum absolute atomic E-state index is 0.238. The molecule has 0 unspecified atom stereocenters. The Morgan fingerprint density at radius 1 is 1.00 bits per heavy atom. The fraction of sp³-hybridized carbons (Fsp3) is 1.00. The third-order valence-corrected chi connectivity index (χ3v) is 12.6. The van der Waals surface area contributed by atoms with Crippen molar-refractivity contribution >= 4 is 30.5 Å². The standard InChI is InChI=1S/C9H21PS2/c1-8(2,3)10(12,7-11)9(4,5)6/h11H,7H2,1-6H3. The van der Waals surface area contributed by atoms with Gasteiger partial charge in [-0.15, -0.1) is 0 Å². The van der Waals surface area contributed by atoms with Crippen molar-refractivity contribution in [1.82, 2.24) is 0 Å². The summed E-state index contributed by atoms with van der Waals surface area (Å²) in [5.41, 5.74) is 0.870. The van der Waals surface area contributed by atoms with Crippen LogP contribution in [0.3, 0.4) is 0 Å². The maximum Gasteiger partial charge on any atom is 0.0206 e. The van der Waals surface area contributed by atoms with E-state index in [0.717, 1.165) is 5.49 Å². The van der Waals surface area contributed by atoms with E-state index in [9.17, 15) is 0 Å². The second-order valence-corrected chi connectivity index (χ2v) is 12.4. The molecule has 0 saturated carbocycles. The predicted molar refractivity (Wildman–Crippen MR) is 67.6 cm³/mol. The van der Waals surface area contributed by atoms with E-state index in [4.69, 9.17) is 11.8 Å². The van der Waals surface area contributed by atoms with Gasteiger partial charge in [0.1, 0.15) is 0 Å². The van der Waals surface area contributed by atoms with Crippen LogP contribution in [-0.4, -0.2) is 15.8 Å². The van der Waals surface area contributed by atoms with Crippen LogP contribution in [0.2, 0.25) is 0 Å². The molecule has 0 aromatic heterocycles. The maximum atomic E-state index is 5.81. The summed E-state index contributed by atoms with van der Waals surface area (Å²) in [5.74, 6) is 0. The largest absolute Gasteiger partial charge is 0.174 e. The first kappa shape index (κ1) is 13.0. The van der Waals surface area contributed by atoms with Gasteiger partial charge in [0.05, 0.1) is 0 Å². The Balaban J connectivity index is 5.11. The molecular formula is C9H21PS2. The lowest BCUT2D eigenvalue weighted by Gasteiger charge is -2.44. The first-order valence-corrected chi connectivity index (χ1v) is 7.88. The Morgan fingerprint density at radius 3 is 1.25 bits per heavy atom. The van der Waals surface area contributed by atoms with Crippen LogP contribution in [0, 0.1) is 0 Å². The van der Waals surface area contributed by atoms with Crippen molar-refractivity contribution in [3.8, 4) is 0 Å². The topological polar surface area (TPSA) is 0 Å². The van der Waals surface area contributed by atoms with Gasteiger partial charge >= 0.3 is 0 Å². The molecule has 0 aromatic carbocycles. The molecule has 12 heavy (non-hydrogen) atoms. The molecule has 0 aliphatic rings. The van der Waals surface area contributed by atoms with E-state index in [2.05, 4.69) is 54.2 Å². The number of hydrogen-bond donors (Lipinski definition) is 1. The third kappa shape index (κ3) is 2.27. The molecule has 0 bridgehead atoms. The van der Waals surface area contributed by atoms with Crippen LogP contribution in [0.15, 0.2) is 0 Å². The van der Waals surface area contributed by atoms with E-state index in [1.165, 1.54) is 0 Å². The summed E-state index contributed by atoms with van der Waals surface area (Å²) in [6.07, 6.45) is 0. The number of hydrogen-bond acceptors (Lipinski definition) is 2. The highest BCUT2D eigenvalue weighted by Crippen LogP contribution is 2.67. The van der Waals surface area contributed by atoms with E-state index in [1.807, 2.05) is 0 Å². The van der Waals surface area contributed by atoms with Crippen molar-refractivity contribution in [2.45, 2.75) is 51.9 Å². The van der Waals surface area contributed by atoms with Gasteiger partial charge < -0.3 is 0 Å². The van der Waals surface area contributed by atoms with E-state index in [1.54, 1.807) is 0 Å². The molecule has 74 valence electrons. The minimum Gasteiger partial charge on any atom is -0.174 e. The fourth-order valence-corrected chi connectivity index (χ4v) is 6.84. The second kappa shape index (κ2) is 3.63. The molecule has 0 spiro atoms. The second-order valence-electron chi connectivity index (χ2n) is 5.22. The molecule has 0 saturated heterocycles. The van der Waals surface area contributed by atoms with Crippen LogP contribution >= 0.6 is 18.7 Å². The van der Waals surface area contributed by atoms with Gasteiger partial charge in [-0.2, -0.15) is 12.6 Å². The van der Waals surface area contributed by atoms with Crippen LogP contribution in [0.1, 0.15) is 41.5 Å². The molecular weight excluding hydrogens is 203 g/mol. The summed E-state index contributed by atoms with van der Waals surface area (Å²) in [7, 11) is 0. The lowest BCUT2D eigenvalue weighted by Crippen LogP contribution is -2.29. The van der Waals surface area contributed by atoms with E-state index in [0.29, 0.717) is 0 Å². The maximum absolute atomic E-state index is 5.81. The first-order valence-electron chi connectivity index (χ1n) is 4.26. The smallest absolute Gasteiger partial charge is 0.0206 e. The van der Waals surface area contributed by atoms with Gasteiger partial charge in [-0.1, -0.05) is 53.3 Å². The molecule has 3 heteroatoms. The van der Waals surface area contributed by atoms with Crippen molar-refractivity contribution < 1.29 is 0 Å². The third-order valence-electron chi connectivity index (χ3n) is 2.37. The monoisotopic (exact) mass is 224 g/mol. The molecule has 0 fully saturated rings. The van der Waals surface area contributed by atoms with Crippen molar-refractivity contribution in [2.24, 2.45) is 0 Å². The van der Waals surface area contributed by atoms with Gasteiger partial charge in [-0.3, -0.25) is 0 Å². The summed E-state index contributed by atoms with van der Waals surface area (Å²) in [5, 5.41) is 0.477. The Bertz CT molecular complexity index is 178. The highest BCUT2D eigenvalue weighted by Gasteiger charge is 2.40. The van der Waals surface area contributed by atoms with Crippen molar-refractivity contribution in [3.63, 3.8) is 0 Å². The van der Waals surface area contributed by atoms with Gasteiger partial charge in [-0.25, -0.2) is 0 Å². The van der Waals surface area contributed by atoms with E-state index < -0.39 is 6.04 Å². The normalized spacial score (nSPS) is 14.9. The number of thiol groups is 1. The summed E-state index contributed by atoms with van der Waals surface area (Å²) in [6, 6.07) is -1.37. The lowest BCUT2D eigenvalue weighted by atomic mass is 10.2. The molecule has 0 nitrogen and oxygen atoms in total. The average Bonchev–Trinajstić information content (AvgIpc) is 1.81. The van der Waals surface area contributed by atoms with Crippen LogP contribution in [0.5, 0.6) is 0 Å². The SMILES string of the molecule is CC(C)(C)P(=S)(CS)C(C)(C)C. The first-order chi connectivity index (χ1) is 5.06. The molecule has 0 atom stereocenters.